The summed E-state index contributed by atoms with van der Waals surface area (Å²) in [4.78, 5) is 22.7. The standard InChI is InChI=1S/C19H14O6/c1-12(21)25-19-15(14(10-20)5-8-17(19)22-2)6-3-13-4-7-16-18(9-13)24-11-23-16/h4-5,7-10H,11H2,1-2H3. The number of rotatable bonds is 3. The summed E-state index contributed by atoms with van der Waals surface area (Å²) in [5, 5.41) is 0. The van der Waals surface area contributed by atoms with Crippen molar-refractivity contribution in [2.45, 2.75) is 6.92 Å². The predicted octanol–water partition coefficient (Wildman–Crippen LogP) is 2.56. The van der Waals surface area contributed by atoms with E-state index in [9.17, 15) is 9.59 Å². The van der Waals surface area contributed by atoms with Gasteiger partial charge in [-0.3, -0.25) is 9.59 Å². The number of ether oxygens (including phenoxy) is 4. The van der Waals surface area contributed by atoms with Crippen LogP contribution in [0, 0.1) is 11.8 Å². The first kappa shape index (κ1) is 16.4. The molecule has 1 aliphatic heterocycles. The topological polar surface area (TPSA) is 71.1 Å². The van der Waals surface area contributed by atoms with Gasteiger partial charge in [0.15, 0.2) is 29.3 Å². The van der Waals surface area contributed by atoms with Crippen LogP contribution >= 0.6 is 0 Å². The molecule has 0 saturated heterocycles. The Labute approximate surface area is 144 Å². The average Bonchev–Trinajstić information content (AvgIpc) is 3.07. The number of fused-ring (bicyclic) bond motifs is 1. The molecule has 0 aromatic heterocycles. The Morgan fingerprint density at radius 2 is 1.96 bits per heavy atom. The minimum atomic E-state index is -0.535. The van der Waals surface area contributed by atoms with E-state index >= 15 is 0 Å². The van der Waals surface area contributed by atoms with Crippen LogP contribution < -0.4 is 18.9 Å². The van der Waals surface area contributed by atoms with Gasteiger partial charge in [-0.15, -0.1) is 0 Å². The lowest BCUT2D eigenvalue weighted by atomic mass is 10.1. The van der Waals surface area contributed by atoms with Crippen LogP contribution in [0.25, 0.3) is 0 Å². The highest BCUT2D eigenvalue weighted by atomic mass is 16.7. The zero-order chi connectivity index (χ0) is 17.8. The number of methoxy groups -OCH3 is 1. The summed E-state index contributed by atoms with van der Waals surface area (Å²) >= 11 is 0. The molecule has 1 heterocycles. The molecule has 6 nitrogen and oxygen atoms in total. The molecule has 0 saturated carbocycles. The first-order chi connectivity index (χ1) is 12.1. The average molecular weight is 338 g/mol. The molecule has 0 spiro atoms. The molecule has 0 radical (unpaired) electrons. The van der Waals surface area contributed by atoms with Crippen molar-refractivity contribution in [3.8, 4) is 34.8 Å². The minimum Gasteiger partial charge on any atom is -0.493 e. The van der Waals surface area contributed by atoms with E-state index in [0.29, 0.717) is 34.7 Å². The van der Waals surface area contributed by atoms with Crippen LogP contribution in [0.2, 0.25) is 0 Å². The van der Waals surface area contributed by atoms with E-state index in [1.54, 1.807) is 30.3 Å². The highest BCUT2D eigenvalue weighted by Gasteiger charge is 2.16. The summed E-state index contributed by atoms with van der Waals surface area (Å²) in [5.41, 5.74) is 1.24. The van der Waals surface area contributed by atoms with Crippen LogP contribution in [0.5, 0.6) is 23.0 Å². The van der Waals surface area contributed by atoms with E-state index in [2.05, 4.69) is 11.8 Å². The van der Waals surface area contributed by atoms with Crippen molar-refractivity contribution in [2.24, 2.45) is 0 Å². The minimum absolute atomic E-state index is 0.118. The maximum atomic E-state index is 11.4. The zero-order valence-electron chi connectivity index (χ0n) is 13.6. The van der Waals surface area contributed by atoms with Gasteiger partial charge in [-0.1, -0.05) is 11.8 Å². The second kappa shape index (κ2) is 6.97. The molecular formula is C19H14O6. The molecule has 0 fully saturated rings. The van der Waals surface area contributed by atoms with Gasteiger partial charge >= 0.3 is 5.97 Å². The second-order valence-corrected chi connectivity index (χ2v) is 5.09. The Kier molecular flexibility index (Phi) is 4.57. The summed E-state index contributed by atoms with van der Waals surface area (Å²) in [6, 6.07) is 8.37. The molecule has 0 atom stereocenters. The molecule has 0 unspecified atom stereocenters. The van der Waals surface area contributed by atoms with Crippen LogP contribution in [0.4, 0.5) is 0 Å². The Morgan fingerprint density at radius 3 is 2.68 bits per heavy atom. The molecule has 126 valence electrons. The van der Waals surface area contributed by atoms with E-state index < -0.39 is 5.97 Å². The zero-order valence-corrected chi connectivity index (χ0v) is 13.6. The quantitative estimate of drug-likeness (QED) is 0.371. The lowest BCUT2D eigenvalue weighted by Crippen LogP contribution is -2.06. The van der Waals surface area contributed by atoms with Gasteiger partial charge < -0.3 is 18.9 Å². The normalized spacial score (nSPS) is 11.3. The van der Waals surface area contributed by atoms with Crippen LogP contribution in [-0.2, 0) is 4.79 Å². The Balaban J connectivity index is 2.07. The summed E-state index contributed by atoms with van der Waals surface area (Å²) in [6.45, 7) is 1.44. The highest BCUT2D eigenvalue weighted by molar-refractivity contribution is 5.84. The van der Waals surface area contributed by atoms with Crippen molar-refractivity contribution in [2.75, 3.05) is 13.9 Å². The van der Waals surface area contributed by atoms with Crippen LogP contribution in [0.1, 0.15) is 28.4 Å². The lowest BCUT2D eigenvalue weighted by Gasteiger charge is -2.11. The number of carbonyl (C=O) groups is 2. The van der Waals surface area contributed by atoms with Gasteiger partial charge in [0.1, 0.15) is 0 Å². The van der Waals surface area contributed by atoms with Crippen molar-refractivity contribution in [3.05, 3.63) is 47.0 Å². The molecular weight excluding hydrogens is 324 g/mol. The summed E-state index contributed by atoms with van der Waals surface area (Å²) in [7, 11) is 1.44. The smallest absolute Gasteiger partial charge is 0.308 e. The molecule has 2 aromatic carbocycles. The summed E-state index contributed by atoms with van der Waals surface area (Å²) < 4.78 is 21.0. The molecule has 6 heteroatoms. The van der Waals surface area contributed by atoms with Gasteiger partial charge in [-0.25, -0.2) is 0 Å². The van der Waals surface area contributed by atoms with Crippen molar-refractivity contribution in [1.29, 1.82) is 0 Å². The molecule has 1 aliphatic rings. The number of carbonyl (C=O) groups excluding carboxylic acids is 2. The van der Waals surface area contributed by atoms with E-state index in [1.807, 2.05) is 0 Å². The predicted molar refractivity (Wildman–Crippen MR) is 88.2 cm³/mol. The number of hydrogen-bond donors (Lipinski definition) is 0. The van der Waals surface area contributed by atoms with Crippen LogP contribution in [0.3, 0.4) is 0 Å². The highest BCUT2D eigenvalue weighted by Crippen LogP contribution is 2.34. The summed E-state index contributed by atoms with van der Waals surface area (Å²) in [5.74, 6) is 6.98. The SMILES string of the molecule is COc1ccc(C=O)c(C#Cc2ccc3c(c2)OCO3)c1OC(C)=O. The number of aldehydes is 1. The van der Waals surface area contributed by atoms with Crippen LogP contribution in [0.15, 0.2) is 30.3 Å². The van der Waals surface area contributed by atoms with Gasteiger partial charge in [-0.2, -0.15) is 0 Å². The van der Waals surface area contributed by atoms with E-state index in [1.165, 1.54) is 14.0 Å². The third-order valence-electron chi connectivity index (χ3n) is 3.45. The Hall–Kier alpha value is -3.46. The van der Waals surface area contributed by atoms with Crippen molar-refractivity contribution < 1.29 is 28.5 Å². The molecule has 25 heavy (non-hydrogen) atoms. The number of esters is 1. The number of benzene rings is 2. The molecule has 0 amide bonds. The molecule has 3 rings (SSSR count). The van der Waals surface area contributed by atoms with E-state index in [-0.39, 0.29) is 18.1 Å². The summed E-state index contributed by atoms with van der Waals surface area (Å²) in [6.07, 6.45) is 0.649. The maximum Gasteiger partial charge on any atom is 0.308 e. The fourth-order valence-corrected chi connectivity index (χ4v) is 2.32. The van der Waals surface area contributed by atoms with Crippen molar-refractivity contribution in [1.82, 2.24) is 0 Å². The Bertz CT molecular complexity index is 904. The third kappa shape index (κ3) is 3.40. The van der Waals surface area contributed by atoms with E-state index in [4.69, 9.17) is 18.9 Å². The first-order valence-corrected chi connectivity index (χ1v) is 7.38. The Morgan fingerprint density at radius 1 is 1.16 bits per heavy atom. The van der Waals surface area contributed by atoms with Gasteiger partial charge in [0, 0.05) is 18.1 Å². The maximum absolute atomic E-state index is 11.4. The van der Waals surface area contributed by atoms with Gasteiger partial charge in [0.2, 0.25) is 6.79 Å². The first-order valence-electron chi connectivity index (χ1n) is 7.38. The molecule has 0 aliphatic carbocycles. The second-order valence-electron chi connectivity index (χ2n) is 5.09. The molecule has 0 bridgehead atoms. The monoisotopic (exact) mass is 338 g/mol. The lowest BCUT2D eigenvalue weighted by molar-refractivity contribution is -0.132. The molecule has 0 N–H and O–H groups in total. The third-order valence-corrected chi connectivity index (χ3v) is 3.45. The number of hydrogen-bond acceptors (Lipinski definition) is 6. The van der Waals surface area contributed by atoms with Gasteiger partial charge in [-0.05, 0) is 30.3 Å². The fraction of sp³-hybridized carbons (Fsp3) is 0.158. The van der Waals surface area contributed by atoms with Crippen LogP contribution in [-0.4, -0.2) is 26.2 Å². The van der Waals surface area contributed by atoms with Crippen molar-refractivity contribution >= 4 is 12.3 Å². The van der Waals surface area contributed by atoms with Gasteiger partial charge in [0.25, 0.3) is 0 Å². The fourth-order valence-electron chi connectivity index (χ4n) is 2.32. The van der Waals surface area contributed by atoms with E-state index in [0.717, 1.165) is 0 Å². The largest absolute Gasteiger partial charge is 0.493 e. The van der Waals surface area contributed by atoms with Crippen molar-refractivity contribution in [3.63, 3.8) is 0 Å². The van der Waals surface area contributed by atoms with Gasteiger partial charge in [0.05, 0.1) is 12.7 Å². The molecule has 2 aromatic rings.